The predicted molar refractivity (Wildman–Crippen MR) is 242 cm³/mol. The van der Waals surface area contributed by atoms with Crippen LogP contribution < -0.4 is 26.2 Å². The number of anilines is 6. The van der Waals surface area contributed by atoms with Crippen molar-refractivity contribution in [3.63, 3.8) is 0 Å². The van der Waals surface area contributed by atoms with E-state index in [2.05, 4.69) is 204 Å². The third-order valence-corrected chi connectivity index (χ3v) is 12.1. The topological polar surface area (TPSA) is 19.4 Å². The van der Waals surface area contributed by atoms with Crippen LogP contribution in [0, 0.1) is 0 Å². The number of fused-ring (bicyclic) bond motifs is 10. The van der Waals surface area contributed by atoms with Crippen molar-refractivity contribution in [3.05, 3.63) is 207 Å². The lowest BCUT2D eigenvalue weighted by Gasteiger charge is -2.44. The van der Waals surface area contributed by atoms with Crippen molar-refractivity contribution in [2.45, 2.75) is 0 Å². The van der Waals surface area contributed by atoms with E-state index in [0.29, 0.717) is 0 Å². The van der Waals surface area contributed by atoms with Crippen molar-refractivity contribution in [1.82, 2.24) is 4.98 Å². The number of hydrogen-bond acceptors (Lipinski definition) is 3. The minimum absolute atomic E-state index is 0.0735. The zero-order valence-electron chi connectivity index (χ0n) is 31.0. The van der Waals surface area contributed by atoms with Gasteiger partial charge in [-0.15, -0.1) is 0 Å². The summed E-state index contributed by atoms with van der Waals surface area (Å²) in [5.74, 6) is 0. The first kappa shape index (κ1) is 31.9. The molecule has 12 rings (SSSR count). The Morgan fingerprint density at radius 1 is 0.316 bits per heavy atom. The average molecular weight is 724 g/mol. The molecule has 10 aromatic rings. The molecule has 0 saturated carbocycles. The van der Waals surface area contributed by atoms with Gasteiger partial charge >= 0.3 is 0 Å². The quantitative estimate of drug-likeness (QED) is 0.133. The Morgan fingerprint density at radius 3 is 1.30 bits per heavy atom. The van der Waals surface area contributed by atoms with Crippen molar-refractivity contribution in [1.29, 1.82) is 0 Å². The second-order valence-corrected chi connectivity index (χ2v) is 15.1. The first-order valence-electron chi connectivity index (χ1n) is 19.7. The molecule has 0 spiro atoms. The second-order valence-electron chi connectivity index (χ2n) is 15.1. The molecule has 3 nitrogen and oxygen atoms in total. The maximum atomic E-state index is 4.93. The van der Waals surface area contributed by atoms with E-state index in [9.17, 15) is 0 Å². The van der Waals surface area contributed by atoms with Crippen LogP contribution in [0.15, 0.2) is 207 Å². The van der Waals surface area contributed by atoms with Crippen LogP contribution in [-0.2, 0) is 0 Å². The van der Waals surface area contributed by atoms with Crippen LogP contribution in [0.1, 0.15) is 0 Å². The van der Waals surface area contributed by atoms with Crippen LogP contribution in [0.3, 0.4) is 0 Å². The number of pyridine rings is 1. The van der Waals surface area contributed by atoms with Crippen LogP contribution in [0.25, 0.3) is 54.6 Å². The molecule has 0 radical (unpaired) electrons. The maximum Gasteiger partial charge on any atom is 0.252 e. The molecule has 57 heavy (non-hydrogen) atoms. The van der Waals surface area contributed by atoms with Crippen molar-refractivity contribution in [3.8, 4) is 22.3 Å². The zero-order valence-corrected chi connectivity index (χ0v) is 31.0. The summed E-state index contributed by atoms with van der Waals surface area (Å²) in [6.07, 6.45) is 4.03. The number of para-hydroxylation sites is 4. The Balaban J connectivity index is 1.10. The number of hydrogen-bond donors (Lipinski definition) is 0. The molecule has 0 N–H and O–H groups in total. The molecule has 264 valence electrons. The molecule has 3 heterocycles. The molecule has 1 aromatic heterocycles. The van der Waals surface area contributed by atoms with E-state index in [4.69, 9.17) is 4.98 Å². The summed E-state index contributed by atoms with van der Waals surface area (Å²) in [5, 5.41) is 7.63. The summed E-state index contributed by atoms with van der Waals surface area (Å²) in [5.41, 5.74) is 15.4. The van der Waals surface area contributed by atoms with Gasteiger partial charge in [-0.2, -0.15) is 0 Å². The lowest BCUT2D eigenvalue weighted by Crippen LogP contribution is -2.61. The predicted octanol–water partition coefficient (Wildman–Crippen LogP) is 12.0. The van der Waals surface area contributed by atoms with Gasteiger partial charge in [-0.1, -0.05) is 133 Å². The molecule has 0 unspecified atom stereocenters. The Morgan fingerprint density at radius 2 is 0.754 bits per heavy atom. The fourth-order valence-electron chi connectivity index (χ4n) is 9.62. The number of benzene rings is 9. The average Bonchev–Trinajstić information content (AvgIpc) is 3.29. The first-order chi connectivity index (χ1) is 28.3. The van der Waals surface area contributed by atoms with Crippen LogP contribution in [0.5, 0.6) is 0 Å². The molecule has 0 bridgehead atoms. The first-order valence-corrected chi connectivity index (χ1v) is 19.7. The van der Waals surface area contributed by atoms with Gasteiger partial charge in [0.05, 0.1) is 0 Å². The summed E-state index contributed by atoms with van der Waals surface area (Å²) >= 11 is 0. The highest BCUT2D eigenvalue weighted by molar-refractivity contribution is 7.00. The summed E-state index contributed by atoms with van der Waals surface area (Å²) in [6, 6.07) is 71.0. The molecule has 0 amide bonds. The lowest BCUT2D eigenvalue weighted by molar-refractivity contribution is 1.25. The van der Waals surface area contributed by atoms with Gasteiger partial charge in [-0.25, -0.2) is 0 Å². The molecule has 0 saturated heterocycles. The number of nitrogens with zero attached hydrogens (tertiary/aromatic N) is 3. The summed E-state index contributed by atoms with van der Waals surface area (Å²) < 4.78 is 0. The Bertz CT molecular complexity index is 3070. The summed E-state index contributed by atoms with van der Waals surface area (Å²) in [6.45, 7) is 0.0735. The Labute approximate surface area is 331 Å². The van der Waals surface area contributed by atoms with E-state index < -0.39 is 0 Å². The largest absolute Gasteiger partial charge is 0.311 e. The van der Waals surface area contributed by atoms with Crippen LogP contribution in [0.4, 0.5) is 34.1 Å². The normalized spacial score (nSPS) is 12.8. The van der Waals surface area contributed by atoms with Crippen molar-refractivity contribution in [2.24, 2.45) is 0 Å². The molecule has 9 aromatic carbocycles. The molecule has 4 heteroatoms. The smallest absolute Gasteiger partial charge is 0.252 e. The zero-order chi connectivity index (χ0) is 37.5. The highest BCUT2D eigenvalue weighted by atomic mass is 15.2. The van der Waals surface area contributed by atoms with E-state index in [1.807, 2.05) is 12.4 Å². The van der Waals surface area contributed by atoms with E-state index >= 15 is 0 Å². The van der Waals surface area contributed by atoms with Gasteiger partial charge in [0.15, 0.2) is 0 Å². The van der Waals surface area contributed by atoms with Gasteiger partial charge in [0, 0.05) is 57.6 Å². The van der Waals surface area contributed by atoms with Gasteiger partial charge in [0.25, 0.3) is 6.71 Å². The van der Waals surface area contributed by atoms with Gasteiger partial charge in [0.1, 0.15) is 0 Å². The van der Waals surface area contributed by atoms with Crippen LogP contribution in [-0.4, -0.2) is 11.7 Å². The van der Waals surface area contributed by atoms with Gasteiger partial charge in [-0.3, -0.25) is 4.98 Å². The van der Waals surface area contributed by atoms with E-state index in [-0.39, 0.29) is 6.71 Å². The van der Waals surface area contributed by atoms with Crippen LogP contribution >= 0.6 is 0 Å². The van der Waals surface area contributed by atoms with Gasteiger partial charge in [0.2, 0.25) is 0 Å². The highest BCUT2D eigenvalue weighted by Gasteiger charge is 2.43. The molecule has 0 atom stereocenters. The van der Waals surface area contributed by atoms with Gasteiger partial charge in [-0.05, 0) is 120 Å². The minimum Gasteiger partial charge on any atom is -0.311 e. The number of rotatable bonds is 4. The Hall–Kier alpha value is -7.43. The van der Waals surface area contributed by atoms with Crippen molar-refractivity contribution >= 4 is 89.5 Å². The van der Waals surface area contributed by atoms with E-state index in [0.717, 1.165) is 33.6 Å². The third kappa shape index (κ3) is 4.84. The maximum absolute atomic E-state index is 4.93. The fourth-order valence-corrected chi connectivity index (χ4v) is 9.62. The van der Waals surface area contributed by atoms with Crippen molar-refractivity contribution in [2.75, 3.05) is 9.80 Å². The van der Waals surface area contributed by atoms with E-state index in [1.54, 1.807) is 0 Å². The second kappa shape index (κ2) is 12.6. The number of aromatic nitrogens is 1. The molecule has 2 aliphatic rings. The Kier molecular flexibility index (Phi) is 7.02. The highest BCUT2D eigenvalue weighted by Crippen LogP contribution is 2.46. The van der Waals surface area contributed by atoms with Crippen molar-refractivity contribution < 1.29 is 0 Å². The minimum atomic E-state index is 0.0735. The molecule has 0 fully saturated rings. The molecule has 0 aliphatic carbocycles. The fraction of sp³-hybridized carbons (Fsp3) is 0. The molecular weight excluding hydrogens is 689 g/mol. The monoisotopic (exact) mass is 723 g/mol. The SMILES string of the molecule is c1ccc(N2c3ccccc3B3c4ccccc4N(c4ccccc4)c4cc(-c5cncc(-c6ccc7c8ccccc8c8ccccc8c7c6)c5)cc2c43)cc1. The van der Waals surface area contributed by atoms with E-state index in [1.165, 1.54) is 71.5 Å². The van der Waals surface area contributed by atoms with Gasteiger partial charge < -0.3 is 9.80 Å². The molecular formula is C53H34BN3. The standard InChI is InChI=1S/C53H34BN3/c1-3-15-39(16-4-1)56-49-25-13-11-23-47(49)54-48-24-12-14-26-50(48)57(40-17-5-2-6-18-40)52-32-36(31-51(56)53(52)54)38-29-37(33-55-34-38)35-27-28-45-43-21-8-7-19-41(43)42-20-9-10-22-44(42)46(45)30-35/h1-34H. The lowest BCUT2D eigenvalue weighted by atomic mass is 9.33. The summed E-state index contributed by atoms with van der Waals surface area (Å²) in [4.78, 5) is 9.84. The summed E-state index contributed by atoms with van der Waals surface area (Å²) in [7, 11) is 0. The molecule has 2 aliphatic heterocycles. The van der Waals surface area contributed by atoms with Crippen LogP contribution in [0.2, 0.25) is 0 Å². The third-order valence-electron chi connectivity index (χ3n) is 12.1.